The molecule has 5 nitrogen and oxygen atoms in total. The van der Waals surface area contributed by atoms with E-state index in [0.29, 0.717) is 16.0 Å². The standard InChI is InChI=1S/C13H10BrN3O2S/c1-9-11(6-7-13(14)16-9)17-20(18,19)12-5-3-2-4-10(12)8-15/h2-7,17H,1H3. The van der Waals surface area contributed by atoms with Crippen LogP contribution in [0.2, 0.25) is 0 Å². The Bertz CT molecular complexity index is 798. The Hall–Kier alpha value is -1.91. The second kappa shape index (κ2) is 5.61. The largest absolute Gasteiger partial charge is 0.278 e. The lowest BCUT2D eigenvalue weighted by atomic mass is 10.2. The molecule has 2 rings (SSSR count). The normalized spacial score (nSPS) is 10.8. The van der Waals surface area contributed by atoms with Gasteiger partial charge in [-0.2, -0.15) is 5.26 Å². The van der Waals surface area contributed by atoms with E-state index >= 15 is 0 Å². The molecule has 1 heterocycles. The Morgan fingerprint density at radius 2 is 1.95 bits per heavy atom. The van der Waals surface area contributed by atoms with E-state index < -0.39 is 10.0 Å². The van der Waals surface area contributed by atoms with E-state index in [1.165, 1.54) is 12.1 Å². The fourth-order valence-corrected chi connectivity index (χ4v) is 3.31. The second-order valence-electron chi connectivity index (χ2n) is 3.98. The fraction of sp³-hybridized carbons (Fsp3) is 0.0769. The molecule has 0 bridgehead atoms. The molecule has 1 aromatic carbocycles. The summed E-state index contributed by atoms with van der Waals surface area (Å²) in [6, 6.07) is 11.2. The van der Waals surface area contributed by atoms with E-state index in [-0.39, 0.29) is 10.5 Å². The molecule has 0 aliphatic rings. The Labute approximate surface area is 125 Å². The molecular formula is C13H10BrN3O2S. The molecule has 0 aliphatic carbocycles. The summed E-state index contributed by atoms with van der Waals surface area (Å²) < 4.78 is 27.7. The summed E-state index contributed by atoms with van der Waals surface area (Å²) in [7, 11) is -3.82. The number of nitrogens with one attached hydrogen (secondary N) is 1. The van der Waals surface area contributed by atoms with Crippen molar-refractivity contribution in [3.8, 4) is 6.07 Å². The molecule has 102 valence electrons. The van der Waals surface area contributed by atoms with Crippen molar-refractivity contribution >= 4 is 31.6 Å². The average Bonchev–Trinajstić information content (AvgIpc) is 2.42. The highest BCUT2D eigenvalue weighted by Gasteiger charge is 2.19. The van der Waals surface area contributed by atoms with Gasteiger partial charge >= 0.3 is 0 Å². The molecule has 0 unspecified atom stereocenters. The number of pyridine rings is 1. The van der Waals surface area contributed by atoms with Crippen LogP contribution in [0.25, 0.3) is 0 Å². The van der Waals surface area contributed by atoms with E-state index in [2.05, 4.69) is 25.6 Å². The molecule has 0 aliphatic heterocycles. The van der Waals surface area contributed by atoms with Gasteiger partial charge in [0.2, 0.25) is 0 Å². The van der Waals surface area contributed by atoms with Crippen molar-refractivity contribution in [3.05, 3.63) is 52.3 Å². The molecule has 0 saturated heterocycles. The minimum atomic E-state index is -3.82. The summed E-state index contributed by atoms with van der Waals surface area (Å²) in [5.74, 6) is 0. The molecule has 0 fully saturated rings. The summed E-state index contributed by atoms with van der Waals surface area (Å²) in [6.45, 7) is 1.69. The van der Waals surface area contributed by atoms with Gasteiger partial charge in [0.05, 0.1) is 16.9 Å². The smallest absolute Gasteiger partial charge is 0.263 e. The number of hydrogen-bond acceptors (Lipinski definition) is 4. The van der Waals surface area contributed by atoms with Crippen molar-refractivity contribution in [1.29, 1.82) is 5.26 Å². The third-order valence-corrected chi connectivity index (χ3v) is 4.46. The van der Waals surface area contributed by atoms with Crippen LogP contribution in [0.5, 0.6) is 0 Å². The van der Waals surface area contributed by atoms with Crippen LogP contribution in [-0.2, 0) is 10.0 Å². The van der Waals surface area contributed by atoms with Crippen LogP contribution in [-0.4, -0.2) is 13.4 Å². The highest BCUT2D eigenvalue weighted by Crippen LogP contribution is 2.22. The SMILES string of the molecule is Cc1nc(Br)ccc1NS(=O)(=O)c1ccccc1C#N. The van der Waals surface area contributed by atoms with Crippen LogP contribution in [0.1, 0.15) is 11.3 Å². The Balaban J connectivity index is 2.44. The van der Waals surface area contributed by atoms with Crippen molar-refractivity contribution in [3.63, 3.8) is 0 Å². The third kappa shape index (κ3) is 2.98. The van der Waals surface area contributed by atoms with Gasteiger partial charge in [0.25, 0.3) is 10.0 Å². The Morgan fingerprint density at radius 3 is 2.60 bits per heavy atom. The quantitative estimate of drug-likeness (QED) is 0.861. The van der Waals surface area contributed by atoms with Gasteiger partial charge in [-0.05, 0) is 47.1 Å². The number of benzene rings is 1. The predicted octanol–water partition coefficient (Wildman–Crippen LogP) is 2.83. The van der Waals surface area contributed by atoms with Crippen LogP contribution >= 0.6 is 15.9 Å². The molecule has 0 radical (unpaired) electrons. The monoisotopic (exact) mass is 351 g/mol. The molecule has 7 heteroatoms. The van der Waals surface area contributed by atoms with Crippen molar-refractivity contribution in [2.24, 2.45) is 0 Å². The number of anilines is 1. The van der Waals surface area contributed by atoms with Gasteiger partial charge in [-0.1, -0.05) is 12.1 Å². The van der Waals surface area contributed by atoms with E-state index in [9.17, 15) is 8.42 Å². The maximum absolute atomic E-state index is 12.3. The lowest BCUT2D eigenvalue weighted by molar-refractivity contribution is 0.601. The molecule has 0 saturated carbocycles. The van der Waals surface area contributed by atoms with E-state index in [1.807, 2.05) is 6.07 Å². The lowest BCUT2D eigenvalue weighted by Crippen LogP contribution is -2.15. The van der Waals surface area contributed by atoms with Gasteiger partial charge < -0.3 is 0 Å². The first kappa shape index (κ1) is 14.5. The first-order valence-corrected chi connectivity index (χ1v) is 7.87. The Morgan fingerprint density at radius 1 is 1.25 bits per heavy atom. The number of nitrogens with zero attached hydrogens (tertiary/aromatic N) is 2. The Kier molecular flexibility index (Phi) is 4.06. The summed E-state index contributed by atoms with van der Waals surface area (Å²) in [5.41, 5.74) is 1.01. The highest BCUT2D eigenvalue weighted by atomic mass is 79.9. The molecule has 2 aromatic rings. The minimum Gasteiger partial charge on any atom is -0.278 e. The number of aryl methyl sites for hydroxylation is 1. The van der Waals surface area contributed by atoms with E-state index in [1.54, 1.807) is 31.2 Å². The van der Waals surface area contributed by atoms with Gasteiger partial charge in [-0.3, -0.25) is 4.72 Å². The average molecular weight is 352 g/mol. The van der Waals surface area contributed by atoms with Crippen molar-refractivity contribution < 1.29 is 8.42 Å². The van der Waals surface area contributed by atoms with Crippen LogP contribution in [0.15, 0.2) is 45.9 Å². The van der Waals surface area contributed by atoms with Crippen molar-refractivity contribution in [1.82, 2.24) is 4.98 Å². The first-order valence-electron chi connectivity index (χ1n) is 5.59. The predicted molar refractivity (Wildman–Crippen MR) is 78.6 cm³/mol. The molecule has 20 heavy (non-hydrogen) atoms. The first-order chi connectivity index (χ1) is 9.44. The molecule has 1 aromatic heterocycles. The third-order valence-electron chi connectivity index (χ3n) is 2.59. The summed E-state index contributed by atoms with van der Waals surface area (Å²) >= 11 is 3.21. The zero-order chi connectivity index (χ0) is 14.8. The highest BCUT2D eigenvalue weighted by molar-refractivity contribution is 9.10. The van der Waals surface area contributed by atoms with Crippen LogP contribution in [0.3, 0.4) is 0 Å². The zero-order valence-electron chi connectivity index (χ0n) is 10.5. The van der Waals surface area contributed by atoms with E-state index in [0.717, 1.165) is 0 Å². The number of halogens is 1. The molecular weight excluding hydrogens is 342 g/mol. The van der Waals surface area contributed by atoms with Crippen molar-refractivity contribution in [2.45, 2.75) is 11.8 Å². The zero-order valence-corrected chi connectivity index (χ0v) is 12.9. The maximum atomic E-state index is 12.3. The molecule has 0 spiro atoms. The topological polar surface area (TPSA) is 82.8 Å². The number of rotatable bonds is 3. The number of hydrogen-bond donors (Lipinski definition) is 1. The van der Waals surface area contributed by atoms with E-state index in [4.69, 9.17) is 5.26 Å². The summed E-state index contributed by atoms with van der Waals surface area (Å²) in [5, 5.41) is 8.98. The van der Waals surface area contributed by atoms with Gasteiger partial charge in [-0.25, -0.2) is 13.4 Å². The second-order valence-corrected chi connectivity index (χ2v) is 6.44. The van der Waals surface area contributed by atoms with Crippen molar-refractivity contribution in [2.75, 3.05) is 4.72 Å². The van der Waals surface area contributed by atoms with Crippen LogP contribution < -0.4 is 4.72 Å². The number of aromatic nitrogens is 1. The van der Waals surface area contributed by atoms with Crippen LogP contribution in [0, 0.1) is 18.3 Å². The van der Waals surface area contributed by atoms with Crippen LogP contribution in [0.4, 0.5) is 5.69 Å². The number of sulfonamides is 1. The summed E-state index contributed by atoms with van der Waals surface area (Å²) in [6.07, 6.45) is 0. The summed E-state index contributed by atoms with van der Waals surface area (Å²) in [4.78, 5) is 4.07. The van der Waals surface area contributed by atoms with Gasteiger partial charge in [0, 0.05) is 0 Å². The molecule has 0 amide bonds. The number of nitriles is 1. The molecule has 0 atom stereocenters. The lowest BCUT2D eigenvalue weighted by Gasteiger charge is -2.11. The van der Waals surface area contributed by atoms with Gasteiger partial charge in [-0.15, -0.1) is 0 Å². The maximum Gasteiger partial charge on any atom is 0.263 e. The van der Waals surface area contributed by atoms with Gasteiger partial charge in [0.1, 0.15) is 15.6 Å². The fourth-order valence-electron chi connectivity index (χ4n) is 1.63. The minimum absolute atomic E-state index is 0.0511. The van der Waals surface area contributed by atoms with Gasteiger partial charge in [0.15, 0.2) is 0 Å². The molecule has 1 N–H and O–H groups in total.